The number of nitrogens with one attached hydrogen (secondary N) is 2. The Balaban J connectivity index is 1.38. The van der Waals surface area contributed by atoms with E-state index in [2.05, 4.69) is 39.3 Å². The molecule has 3 fully saturated rings. The molecule has 2 saturated heterocycles. The van der Waals surface area contributed by atoms with E-state index in [-0.39, 0.29) is 6.10 Å². The molecule has 0 aromatic rings. The summed E-state index contributed by atoms with van der Waals surface area (Å²) in [6.07, 6.45) is 7.09. The highest BCUT2D eigenvalue weighted by molar-refractivity contribution is 5.80. The van der Waals surface area contributed by atoms with E-state index >= 15 is 0 Å². The van der Waals surface area contributed by atoms with Crippen molar-refractivity contribution >= 4 is 5.96 Å². The number of rotatable bonds is 6. The molecule has 2 N–H and O–H groups in total. The minimum Gasteiger partial charge on any atom is -0.374 e. The fraction of sp³-hybridized carbons (Fsp3) is 0.950. The van der Waals surface area contributed by atoms with E-state index in [1.807, 2.05) is 7.05 Å². The lowest BCUT2D eigenvalue weighted by Crippen LogP contribution is -2.51. The molecule has 0 bridgehead atoms. The second-order valence-corrected chi connectivity index (χ2v) is 8.66. The average molecular weight is 366 g/mol. The SMILES string of the molecule is CN=C(NCC1CN(CC(C)C)CCO1)NC1CCN(C2CCCC2)C1. The van der Waals surface area contributed by atoms with Crippen molar-refractivity contribution < 1.29 is 4.74 Å². The van der Waals surface area contributed by atoms with E-state index in [9.17, 15) is 0 Å². The van der Waals surface area contributed by atoms with Crippen molar-refractivity contribution in [3.8, 4) is 0 Å². The molecule has 2 atom stereocenters. The molecule has 26 heavy (non-hydrogen) atoms. The summed E-state index contributed by atoms with van der Waals surface area (Å²) in [4.78, 5) is 9.64. The van der Waals surface area contributed by atoms with Gasteiger partial charge in [-0.15, -0.1) is 0 Å². The molecule has 3 aliphatic rings. The Morgan fingerprint density at radius 1 is 1.15 bits per heavy atom. The Bertz CT molecular complexity index is 449. The van der Waals surface area contributed by atoms with Crippen LogP contribution in [0.1, 0.15) is 46.0 Å². The summed E-state index contributed by atoms with van der Waals surface area (Å²) >= 11 is 0. The number of guanidine groups is 1. The predicted octanol–water partition coefficient (Wildman–Crippen LogP) is 1.53. The van der Waals surface area contributed by atoms with Gasteiger partial charge in [0, 0.05) is 58.4 Å². The van der Waals surface area contributed by atoms with Gasteiger partial charge in [0.05, 0.1) is 12.7 Å². The first kappa shape index (κ1) is 19.9. The summed E-state index contributed by atoms with van der Waals surface area (Å²) in [6.45, 7) is 11.9. The molecule has 1 saturated carbocycles. The largest absolute Gasteiger partial charge is 0.374 e. The van der Waals surface area contributed by atoms with Crippen LogP contribution in [0.25, 0.3) is 0 Å². The van der Waals surface area contributed by atoms with Crippen molar-refractivity contribution in [2.75, 3.05) is 52.9 Å². The molecular formula is C20H39N5O. The number of morpholine rings is 1. The first-order valence-electron chi connectivity index (χ1n) is 10.7. The van der Waals surface area contributed by atoms with Gasteiger partial charge in [-0.1, -0.05) is 26.7 Å². The quantitative estimate of drug-likeness (QED) is 0.552. The summed E-state index contributed by atoms with van der Waals surface area (Å²) in [5.74, 6) is 1.63. The smallest absolute Gasteiger partial charge is 0.191 e. The van der Waals surface area contributed by atoms with Crippen molar-refractivity contribution in [1.82, 2.24) is 20.4 Å². The summed E-state index contributed by atoms with van der Waals surface area (Å²) in [5.41, 5.74) is 0. The first-order valence-corrected chi connectivity index (χ1v) is 10.7. The van der Waals surface area contributed by atoms with Crippen molar-refractivity contribution in [1.29, 1.82) is 0 Å². The second kappa shape index (κ2) is 9.90. The average Bonchev–Trinajstić information content (AvgIpc) is 3.29. The Hall–Kier alpha value is -0.850. The van der Waals surface area contributed by atoms with Crippen molar-refractivity contribution in [3.63, 3.8) is 0 Å². The van der Waals surface area contributed by atoms with E-state index in [0.29, 0.717) is 12.0 Å². The highest BCUT2D eigenvalue weighted by Crippen LogP contribution is 2.26. The Morgan fingerprint density at radius 3 is 2.69 bits per heavy atom. The molecule has 6 heteroatoms. The highest BCUT2D eigenvalue weighted by atomic mass is 16.5. The van der Waals surface area contributed by atoms with Gasteiger partial charge in [-0.25, -0.2) is 0 Å². The first-order chi connectivity index (χ1) is 12.6. The minimum absolute atomic E-state index is 0.250. The minimum atomic E-state index is 0.250. The number of nitrogens with zero attached hydrogens (tertiary/aromatic N) is 3. The zero-order chi connectivity index (χ0) is 18.4. The zero-order valence-corrected chi connectivity index (χ0v) is 17.0. The maximum atomic E-state index is 5.94. The van der Waals surface area contributed by atoms with Gasteiger partial charge < -0.3 is 15.4 Å². The van der Waals surface area contributed by atoms with Crippen LogP contribution in [0, 0.1) is 5.92 Å². The zero-order valence-electron chi connectivity index (χ0n) is 17.0. The van der Waals surface area contributed by atoms with Crippen LogP contribution in [0.2, 0.25) is 0 Å². The van der Waals surface area contributed by atoms with Crippen LogP contribution >= 0.6 is 0 Å². The van der Waals surface area contributed by atoms with Crippen LogP contribution in [0.5, 0.6) is 0 Å². The molecule has 0 spiro atoms. The third-order valence-corrected chi connectivity index (χ3v) is 5.97. The van der Waals surface area contributed by atoms with Crippen LogP contribution in [0.3, 0.4) is 0 Å². The predicted molar refractivity (Wildman–Crippen MR) is 108 cm³/mol. The molecule has 0 aromatic heterocycles. The van der Waals surface area contributed by atoms with Gasteiger partial charge in [0.25, 0.3) is 0 Å². The Labute approximate surface area is 159 Å². The van der Waals surface area contributed by atoms with E-state index in [1.165, 1.54) is 38.6 Å². The van der Waals surface area contributed by atoms with Gasteiger partial charge in [0.1, 0.15) is 0 Å². The van der Waals surface area contributed by atoms with E-state index in [0.717, 1.165) is 51.3 Å². The van der Waals surface area contributed by atoms with E-state index in [4.69, 9.17) is 4.74 Å². The molecule has 1 aliphatic carbocycles. The van der Waals surface area contributed by atoms with Crippen LogP contribution in [0.15, 0.2) is 4.99 Å². The number of hydrogen-bond donors (Lipinski definition) is 2. The van der Waals surface area contributed by atoms with E-state index < -0.39 is 0 Å². The number of ether oxygens (including phenoxy) is 1. The van der Waals surface area contributed by atoms with Gasteiger partial charge >= 0.3 is 0 Å². The maximum Gasteiger partial charge on any atom is 0.191 e. The summed E-state index contributed by atoms with van der Waals surface area (Å²) in [5, 5.41) is 7.12. The molecule has 150 valence electrons. The fourth-order valence-electron chi connectivity index (χ4n) is 4.69. The second-order valence-electron chi connectivity index (χ2n) is 8.66. The normalized spacial score (nSPS) is 29.6. The van der Waals surface area contributed by atoms with Crippen molar-refractivity contribution in [2.45, 2.75) is 64.1 Å². The lowest BCUT2D eigenvalue weighted by Gasteiger charge is -2.34. The number of likely N-dealkylation sites (tertiary alicyclic amines) is 1. The van der Waals surface area contributed by atoms with Crippen molar-refractivity contribution in [2.24, 2.45) is 10.9 Å². The Kier molecular flexibility index (Phi) is 7.58. The highest BCUT2D eigenvalue weighted by Gasteiger charge is 2.30. The summed E-state index contributed by atoms with van der Waals surface area (Å²) in [7, 11) is 1.87. The fourth-order valence-corrected chi connectivity index (χ4v) is 4.69. The number of hydrogen-bond acceptors (Lipinski definition) is 4. The lowest BCUT2D eigenvalue weighted by atomic mass is 10.2. The van der Waals surface area contributed by atoms with E-state index in [1.54, 1.807) is 0 Å². The van der Waals surface area contributed by atoms with Gasteiger partial charge in [-0.05, 0) is 25.2 Å². The monoisotopic (exact) mass is 365 g/mol. The maximum absolute atomic E-state index is 5.94. The molecule has 3 rings (SSSR count). The summed E-state index contributed by atoms with van der Waals surface area (Å²) < 4.78 is 5.94. The van der Waals surface area contributed by atoms with Crippen molar-refractivity contribution in [3.05, 3.63) is 0 Å². The molecule has 2 heterocycles. The molecule has 2 unspecified atom stereocenters. The van der Waals surface area contributed by atoms with Crippen LogP contribution < -0.4 is 10.6 Å². The summed E-state index contributed by atoms with van der Waals surface area (Å²) in [6, 6.07) is 1.35. The van der Waals surface area contributed by atoms with Crippen LogP contribution in [-0.4, -0.2) is 86.9 Å². The molecule has 6 nitrogen and oxygen atoms in total. The third kappa shape index (κ3) is 5.83. The Morgan fingerprint density at radius 2 is 1.96 bits per heavy atom. The molecule has 0 radical (unpaired) electrons. The molecule has 0 amide bonds. The van der Waals surface area contributed by atoms with Gasteiger partial charge in [0.15, 0.2) is 5.96 Å². The van der Waals surface area contributed by atoms with Crippen LogP contribution in [0.4, 0.5) is 0 Å². The van der Waals surface area contributed by atoms with Gasteiger partial charge in [-0.3, -0.25) is 14.8 Å². The third-order valence-electron chi connectivity index (χ3n) is 5.97. The standard InChI is InChI=1S/C20H39N5O/c1-16(2)13-24-10-11-26-19(15-24)12-22-20(21-3)23-17-8-9-25(14-17)18-6-4-5-7-18/h16-19H,4-15H2,1-3H3,(H2,21,22,23). The lowest BCUT2D eigenvalue weighted by molar-refractivity contribution is -0.0284. The van der Waals surface area contributed by atoms with Crippen LogP contribution in [-0.2, 0) is 4.74 Å². The van der Waals surface area contributed by atoms with Gasteiger partial charge in [-0.2, -0.15) is 0 Å². The topological polar surface area (TPSA) is 52.1 Å². The number of aliphatic imine (C=N–C) groups is 1. The molecular weight excluding hydrogens is 326 g/mol. The molecule has 0 aromatic carbocycles. The molecule has 2 aliphatic heterocycles. The van der Waals surface area contributed by atoms with Gasteiger partial charge in [0.2, 0.25) is 0 Å².